The second kappa shape index (κ2) is 6.55. The maximum Gasteiger partial charge on any atom is 0.320 e. The number of aliphatic carboxylic acids is 1. The molecular formula is C15H19ClFNO2. The average Bonchev–Trinajstić information content (AvgIpc) is 2.43. The summed E-state index contributed by atoms with van der Waals surface area (Å²) in [5.74, 6) is -0.724. The molecule has 0 aromatic heterocycles. The van der Waals surface area contributed by atoms with Crippen LogP contribution in [0.15, 0.2) is 18.2 Å². The van der Waals surface area contributed by atoms with Crippen molar-refractivity contribution in [2.24, 2.45) is 5.92 Å². The van der Waals surface area contributed by atoms with E-state index in [-0.39, 0.29) is 5.82 Å². The third-order valence-electron chi connectivity index (χ3n) is 4.07. The number of hydrogen-bond acceptors (Lipinski definition) is 2. The third kappa shape index (κ3) is 3.49. The number of rotatable bonds is 4. The summed E-state index contributed by atoms with van der Waals surface area (Å²) in [5, 5.41) is 9.83. The van der Waals surface area contributed by atoms with E-state index in [4.69, 9.17) is 11.6 Å². The van der Waals surface area contributed by atoms with Crippen molar-refractivity contribution in [1.29, 1.82) is 0 Å². The SMILES string of the molecule is CCC1CCN(Cc2cc(Cl)ccc2F)C(C(=O)O)C1. The minimum Gasteiger partial charge on any atom is -0.480 e. The van der Waals surface area contributed by atoms with Gasteiger partial charge in [-0.25, -0.2) is 4.39 Å². The van der Waals surface area contributed by atoms with Crippen molar-refractivity contribution in [2.75, 3.05) is 6.54 Å². The lowest BCUT2D eigenvalue weighted by Crippen LogP contribution is -2.46. The molecule has 1 N–H and O–H groups in total. The molecule has 1 aliphatic rings. The van der Waals surface area contributed by atoms with Crippen LogP contribution in [0, 0.1) is 11.7 Å². The minimum atomic E-state index is -0.828. The maximum atomic E-state index is 13.8. The van der Waals surface area contributed by atoms with Crippen molar-refractivity contribution >= 4 is 17.6 Å². The van der Waals surface area contributed by atoms with Crippen LogP contribution in [0.4, 0.5) is 4.39 Å². The zero-order valence-corrected chi connectivity index (χ0v) is 12.2. The minimum absolute atomic E-state index is 0.291. The second-order valence-corrected chi connectivity index (χ2v) is 5.80. The number of carboxylic acids is 1. The molecule has 1 fully saturated rings. The summed E-state index contributed by atoms with van der Waals surface area (Å²) in [7, 11) is 0. The smallest absolute Gasteiger partial charge is 0.320 e. The molecule has 110 valence electrons. The van der Waals surface area contributed by atoms with Crippen LogP contribution in [0.1, 0.15) is 31.7 Å². The molecule has 1 aromatic carbocycles. The van der Waals surface area contributed by atoms with Gasteiger partial charge in [0.15, 0.2) is 0 Å². The summed E-state index contributed by atoms with van der Waals surface area (Å²) in [5.41, 5.74) is 0.457. The van der Waals surface area contributed by atoms with Crippen molar-refractivity contribution in [3.63, 3.8) is 0 Å². The lowest BCUT2D eigenvalue weighted by Gasteiger charge is -2.37. The topological polar surface area (TPSA) is 40.5 Å². The first-order valence-corrected chi connectivity index (χ1v) is 7.29. The van der Waals surface area contributed by atoms with E-state index < -0.39 is 12.0 Å². The van der Waals surface area contributed by atoms with E-state index >= 15 is 0 Å². The summed E-state index contributed by atoms with van der Waals surface area (Å²) < 4.78 is 13.8. The maximum absolute atomic E-state index is 13.8. The molecule has 0 bridgehead atoms. The number of carboxylic acid groups (broad SMARTS) is 1. The van der Waals surface area contributed by atoms with Gasteiger partial charge in [0.2, 0.25) is 0 Å². The largest absolute Gasteiger partial charge is 0.480 e. The van der Waals surface area contributed by atoms with E-state index in [9.17, 15) is 14.3 Å². The van der Waals surface area contributed by atoms with Crippen LogP contribution >= 0.6 is 11.6 Å². The molecule has 5 heteroatoms. The number of benzene rings is 1. The zero-order chi connectivity index (χ0) is 14.7. The summed E-state index contributed by atoms with van der Waals surface area (Å²) in [6, 6.07) is 3.86. The van der Waals surface area contributed by atoms with Gasteiger partial charge < -0.3 is 5.11 Å². The quantitative estimate of drug-likeness (QED) is 0.924. The van der Waals surface area contributed by atoms with Gasteiger partial charge in [0, 0.05) is 17.1 Å². The summed E-state index contributed by atoms with van der Waals surface area (Å²) >= 11 is 5.88. The highest BCUT2D eigenvalue weighted by Gasteiger charge is 2.32. The highest BCUT2D eigenvalue weighted by Crippen LogP contribution is 2.28. The molecule has 2 rings (SSSR count). The van der Waals surface area contributed by atoms with Gasteiger partial charge in [-0.3, -0.25) is 9.69 Å². The Kier molecular flexibility index (Phi) is 5.00. The van der Waals surface area contributed by atoms with E-state index in [1.165, 1.54) is 12.1 Å². The van der Waals surface area contributed by atoms with Crippen LogP contribution < -0.4 is 0 Å². The molecule has 2 atom stereocenters. The van der Waals surface area contributed by atoms with E-state index in [1.54, 1.807) is 6.07 Å². The Bertz CT molecular complexity index is 495. The standard InChI is InChI=1S/C15H19ClFNO2/c1-2-10-5-6-18(14(7-10)15(19)20)9-11-8-12(16)3-4-13(11)17/h3-4,8,10,14H,2,5-7,9H2,1H3,(H,19,20). The predicted molar refractivity (Wildman–Crippen MR) is 76.3 cm³/mol. The number of piperidine rings is 1. The lowest BCUT2D eigenvalue weighted by atomic mass is 9.88. The molecule has 1 saturated heterocycles. The van der Waals surface area contributed by atoms with E-state index in [0.717, 1.165) is 12.8 Å². The molecule has 0 spiro atoms. The molecular weight excluding hydrogens is 281 g/mol. The number of halogens is 2. The molecule has 0 amide bonds. The highest BCUT2D eigenvalue weighted by atomic mass is 35.5. The van der Waals surface area contributed by atoms with Crippen molar-refractivity contribution in [1.82, 2.24) is 4.90 Å². The first-order chi connectivity index (χ1) is 9.51. The Hall–Kier alpha value is -1.13. The fourth-order valence-corrected chi connectivity index (χ4v) is 2.98. The fraction of sp³-hybridized carbons (Fsp3) is 0.533. The van der Waals surface area contributed by atoms with Gasteiger partial charge in [-0.15, -0.1) is 0 Å². The van der Waals surface area contributed by atoms with E-state index in [1.807, 2.05) is 4.90 Å². The number of likely N-dealkylation sites (tertiary alicyclic amines) is 1. The molecule has 2 unspecified atom stereocenters. The monoisotopic (exact) mass is 299 g/mol. The van der Waals surface area contributed by atoms with Crippen LogP contribution in [0.5, 0.6) is 0 Å². The molecule has 0 saturated carbocycles. The van der Waals surface area contributed by atoms with Crippen molar-refractivity contribution < 1.29 is 14.3 Å². The number of hydrogen-bond donors (Lipinski definition) is 1. The first-order valence-electron chi connectivity index (χ1n) is 6.92. The summed E-state index contributed by atoms with van der Waals surface area (Å²) in [6.45, 7) is 3.05. The van der Waals surface area contributed by atoms with Gasteiger partial charge in [-0.1, -0.05) is 24.9 Å². The molecule has 0 aliphatic carbocycles. The molecule has 1 aromatic rings. The zero-order valence-electron chi connectivity index (χ0n) is 11.5. The van der Waals surface area contributed by atoms with Gasteiger partial charge in [0.25, 0.3) is 0 Å². The van der Waals surface area contributed by atoms with Gasteiger partial charge >= 0.3 is 5.97 Å². The average molecular weight is 300 g/mol. The van der Waals surface area contributed by atoms with Crippen molar-refractivity contribution in [2.45, 2.75) is 38.8 Å². The van der Waals surface area contributed by atoms with E-state index in [2.05, 4.69) is 6.92 Å². The molecule has 20 heavy (non-hydrogen) atoms. The Morgan fingerprint density at radius 2 is 2.30 bits per heavy atom. The van der Waals surface area contributed by atoms with Crippen molar-refractivity contribution in [3.8, 4) is 0 Å². The van der Waals surface area contributed by atoms with Gasteiger partial charge in [0.1, 0.15) is 11.9 Å². The molecule has 3 nitrogen and oxygen atoms in total. The summed E-state index contributed by atoms with van der Waals surface area (Å²) in [6.07, 6.45) is 2.58. The van der Waals surface area contributed by atoms with Crippen LogP contribution in [0.2, 0.25) is 5.02 Å². The highest BCUT2D eigenvalue weighted by molar-refractivity contribution is 6.30. The molecule has 0 radical (unpaired) electrons. The van der Waals surface area contributed by atoms with Crippen LogP contribution in [-0.4, -0.2) is 28.6 Å². The number of nitrogens with zero attached hydrogens (tertiary/aromatic N) is 1. The normalized spacial score (nSPS) is 23.8. The Morgan fingerprint density at radius 1 is 1.55 bits per heavy atom. The van der Waals surface area contributed by atoms with Crippen LogP contribution in [0.25, 0.3) is 0 Å². The van der Waals surface area contributed by atoms with Gasteiger partial charge in [-0.2, -0.15) is 0 Å². The van der Waals surface area contributed by atoms with E-state index in [0.29, 0.717) is 36.0 Å². The predicted octanol–water partition coefficient (Wildman–Crippen LogP) is 3.55. The van der Waals surface area contributed by atoms with Crippen molar-refractivity contribution in [3.05, 3.63) is 34.6 Å². The third-order valence-corrected chi connectivity index (χ3v) is 4.30. The fourth-order valence-electron chi connectivity index (χ4n) is 2.79. The second-order valence-electron chi connectivity index (χ2n) is 5.36. The molecule has 1 aliphatic heterocycles. The number of carbonyl (C=O) groups is 1. The Morgan fingerprint density at radius 3 is 2.95 bits per heavy atom. The van der Waals surface area contributed by atoms with Crippen LogP contribution in [-0.2, 0) is 11.3 Å². The Balaban J connectivity index is 2.14. The lowest BCUT2D eigenvalue weighted by molar-refractivity contribution is -0.145. The Labute approximate surface area is 123 Å². The van der Waals surface area contributed by atoms with Crippen LogP contribution in [0.3, 0.4) is 0 Å². The van der Waals surface area contributed by atoms with Gasteiger partial charge in [-0.05, 0) is 43.5 Å². The first kappa shape index (κ1) is 15.3. The van der Waals surface area contributed by atoms with Gasteiger partial charge in [0.05, 0.1) is 0 Å². The molecule has 1 heterocycles. The summed E-state index contributed by atoms with van der Waals surface area (Å²) in [4.78, 5) is 13.2.